The van der Waals surface area contributed by atoms with Crippen LogP contribution in [-0.4, -0.2) is 48.0 Å². The van der Waals surface area contributed by atoms with E-state index in [2.05, 4.69) is 15.1 Å². The highest BCUT2D eigenvalue weighted by Gasteiger charge is 2.41. The number of rotatable bonds is 5. The van der Waals surface area contributed by atoms with Gasteiger partial charge in [-0.25, -0.2) is 8.42 Å². The molecule has 2 aromatic heterocycles. The van der Waals surface area contributed by atoms with E-state index in [-0.39, 0.29) is 23.9 Å². The van der Waals surface area contributed by atoms with Crippen LogP contribution in [0, 0.1) is 6.92 Å². The van der Waals surface area contributed by atoms with Gasteiger partial charge in [0.05, 0.1) is 13.0 Å². The molecule has 1 aromatic carbocycles. The number of pyridine rings is 1. The highest BCUT2D eigenvalue weighted by molar-refractivity contribution is 7.89. The lowest BCUT2D eigenvalue weighted by Gasteiger charge is -2.36. The summed E-state index contributed by atoms with van der Waals surface area (Å²) < 4.78 is 37.8. The Bertz CT molecular complexity index is 1060. The molecule has 4 rings (SSSR count). The fourth-order valence-corrected chi connectivity index (χ4v) is 4.70. The first kappa shape index (κ1) is 17.6. The van der Waals surface area contributed by atoms with Crippen molar-refractivity contribution >= 4 is 10.0 Å². The lowest BCUT2D eigenvalue weighted by molar-refractivity contribution is 0.216. The van der Waals surface area contributed by atoms with Crippen LogP contribution < -0.4 is 4.74 Å². The van der Waals surface area contributed by atoms with E-state index in [1.54, 1.807) is 30.6 Å². The smallest absolute Gasteiger partial charge is 0.246 e. The molecule has 0 bridgehead atoms. The summed E-state index contributed by atoms with van der Waals surface area (Å²) >= 11 is 0. The van der Waals surface area contributed by atoms with Crippen molar-refractivity contribution in [3.63, 3.8) is 0 Å². The van der Waals surface area contributed by atoms with Gasteiger partial charge in [0.1, 0.15) is 10.6 Å². The molecule has 3 aromatic rings. The summed E-state index contributed by atoms with van der Waals surface area (Å²) in [4.78, 5) is 8.58. The highest BCUT2D eigenvalue weighted by Crippen LogP contribution is 2.35. The maximum absolute atomic E-state index is 12.9. The van der Waals surface area contributed by atoms with Gasteiger partial charge >= 0.3 is 0 Å². The predicted octanol–water partition coefficient (Wildman–Crippen LogP) is 2.24. The van der Waals surface area contributed by atoms with Crippen LogP contribution in [-0.2, 0) is 10.0 Å². The van der Waals surface area contributed by atoms with Gasteiger partial charge in [0.25, 0.3) is 0 Å². The number of hydrogen-bond donors (Lipinski definition) is 0. The Balaban J connectivity index is 1.51. The van der Waals surface area contributed by atoms with E-state index in [9.17, 15) is 8.42 Å². The van der Waals surface area contributed by atoms with E-state index in [1.165, 1.54) is 11.4 Å². The molecule has 0 atom stereocenters. The average molecular weight is 386 g/mol. The summed E-state index contributed by atoms with van der Waals surface area (Å²) in [7, 11) is -2.19. The fourth-order valence-electron chi connectivity index (χ4n) is 2.93. The molecule has 1 aliphatic heterocycles. The molecule has 1 fully saturated rings. The van der Waals surface area contributed by atoms with E-state index in [0.29, 0.717) is 17.5 Å². The van der Waals surface area contributed by atoms with Crippen LogP contribution in [0.15, 0.2) is 52.1 Å². The van der Waals surface area contributed by atoms with Crippen molar-refractivity contribution < 1.29 is 17.7 Å². The van der Waals surface area contributed by atoms with Crippen molar-refractivity contribution in [1.29, 1.82) is 0 Å². The minimum absolute atomic E-state index is 0.131. The fraction of sp³-hybridized carbons (Fsp3) is 0.278. The predicted molar refractivity (Wildman–Crippen MR) is 96.8 cm³/mol. The normalized spacial score (nSPS) is 15.5. The minimum atomic E-state index is -3.65. The molecule has 0 saturated carbocycles. The van der Waals surface area contributed by atoms with Crippen LogP contribution >= 0.6 is 0 Å². The number of aryl methyl sites for hydroxylation is 1. The van der Waals surface area contributed by atoms with Crippen LogP contribution in [0.5, 0.6) is 5.75 Å². The van der Waals surface area contributed by atoms with Gasteiger partial charge in [-0.2, -0.15) is 9.29 Å². The lowest BCUT2D eigenvalue weighted by atomic mass is 10.0. The van der Waals surface area contributed by atoms with E-state index in [0.717, 1.165) is 11.1 Å². The van der Waals surface area contributed by atoms with Gasteiger partial charge in [0.2, 0.25) is 21.7 Å². The molecule has 0 aliphatic carbocycles. The van der Waals surface area contributed by atoms with E-state index >= 15 is 0 Å². The second-order valence-electron chi connectivity index (χ2n) is 6.37. The van der Waals surface area contributed by atoms with Gasteiger partial charge in [0, 0.05) is 31.0 Å². The standard InChI is InChI=1S/C18H18N4O4S/c1-12-5-6-15(25-2)16(8-12)27(23,24)22-10-14(11-22)18-20-17(21-26-18)13-4-3-7-19-9-13/h3-9,14H,10-11H2,1-2H3. The maximum atomic E-state index is 12.9. The third-order valence-corrected chi connectivity index (χ3v) is 6.35. The largest absolute Gasteiger partial charge is 0.495 e. The molecular weight excluding hydrogens is 368 g/mol. The van der Waals surface area contributed by atoms with Crippen LogP contribution in [0.3, 0.4) is 0 Å². The highest BCUT2D eigenvalue weighted by atomic mass is 32.2. The topological polar surface area (TPSA) is 98.4 Å². The van der Waals surface area contributed by atoms with Crippen molar-refractivity contribution in [3.8, 4) is 17.1 Å². The number of nitrogens with zero attached hydrogens (tertiary/aromatic N) is 4. The molecule has 0 unspecified atom stereocenters. The van der Waals surface area contributed by atoms with Crippen LogP contribution in [0.1, 0.15) is 17.4 Å². The van der Waals surface area contributed by atoms with Crippen molar-refractivity contribution in [3.05, 3.63) is 54.2 Å². The summed E-state index contributed by atoms with van der Waals surface area (Å²) in [5.74, 6) is 1.07. The molecule has 8 nitrogen and oxygen atoms in total. The lowest BCUT2D eigenvalue weighted by Crippen LogP contribution is -2.48. The first-order valence-electron chi connectivity index (χ1n) is 8.38. The molecule has 9 heteroatoms. The van der Waals surface area contributed by atoms with Gasteiger partial charge in [0.15, 0.2) is 0 Å². The van der Waals surface area contributed by atoms with Crippen molar-refractivity contribution in [2.24, 2.45) is 0 Å². The van der Waals surface area contributed by atoms with Crippen LogP contribution in [0.2, 0.25) is 0 Å². The molecule has 1 saturated heterocycles. The van der Waals surface area contributed by atoms with Gasteiger partial charge in [-0.1, -0.05) is 11.2 Å². The molecule has 0 spiro atoms. The quantitative estimate of drug-likeness (QED) is 0.663. The Kier molecular flexibility index (Phi) is 4.40. The van der Waals surface area contributed by atoms with E-state index in [4.69, 9.17) is 9.26 Å². The molecular formula is C18H18N4O4S. The zero-order valence-corrected chi connectivity index (χ0v) is 15.7. The molecule has 1 aliphatic rings. The van der Waals surface area contributed by atoms with Gasteiger partial charge in [-0.3, -0.25) is 4.98 Å². The molecule has 0 radical (unpaired) electrons. The second kappa shape index (κ2) is 6.75. The van der Waals surface area contributed by atoms with Crippen LogP contribution in [0.4, 0.5) is 0 Å². The monoisotopic (exact) mass is 386 g/mol. The molecule has 0 N–H and O–H groups in total. The first-order chi connectivity index (χ1) is 13.0. The zero-order chi connectivity index (χ0) is 19.0. The van der Waals surface area contributed by atoms with Gasteiger partial charge < -0.3 is 9.26 Å². The Morgan fingerprint density at radius 2 is 2.07 bits per heavy atom. The number of methoxy groups -OCH3 is 1. The second-order valence-corrected chi connectivity index (χ2v) is 8.28. The summed E-state index contributed by atoms with van der Waals surface area (Å²) in [5.41, 5.74) is 1.60. The van der Waals surface area contributed by atoms with Crippen molar-refractivity contribution in [2.45, 2.75) is 17.7 Å². The van der Waals surface area contributed by atoms with E-state index < -0.39 is 10.0 Å². The number of hydrogen-bond acceptors (Lipinski definition) is 7. The number of benzene rings is 1. The van der Waals surface area contributed by atoms with Gasteiger partial charge in [-0.05, 0) is 36.8 Å². The molecule has 140 valence electrons. The molecule has 0 amide bonds. The third kappa shape index (κ3) is 3.19. The summed E-state index contributed by atoms with van der Waals surface area (Å²) in [6, 6.07) is 8.73. The van der Waals surface area contributed by atoms with Crippen LogP contribution in [0.25, 0.3) is 11.4 Å². The number of sulfonamides is 1. The average Bonchev–Trinajstić information content (AvgIpc) is 3.10. The van der Waals surface area contributed by atoms with E-state index in [1.807, 2.05) is 19.1 Å². The Hall–Kier alpha value is -2.78. The first-order valence-corrected chi connectivity index (χ1v) is 9.82. The SMILES string of the molecule is COc1ccc(C)cc1S(=O)(=O)N1CC(c2nc(-c3cccnc3)no2)C1. The number of aromatic nitrogens is 3. The molecule has 3 heterocycles. The summed E-state index contributed by atoms with van der Waals surface area (Å²) in [5, 5.41) is 3.96. The minimum Gasteiger partial charge on any atom is -0.495 e. The van der Waals surface area contributed by atoms with Gasteiger partial charge in [-0.15, -0.1) is 0 Å². The summed E-state index contributed by atoms with van der Waals surface area (Å²) in [6.45, 7) is 2.41. The third-order valence-electron chi connectivity index (χ3n) is 4.50. The zero-order valence-electron chi connectivity index (χ0n) is 14.9. The van der Waals surface area contributed by atoms with Crippen molar-refractivity contribution in [1.82, 2.24) is 19.4 Å². The Morgan fingerprint density at radius 3 is 2.78 bits per heavy atom. The van der Waals surface area contributed by atoms with Crippen molar-refractivity contribution in [2.75, 3.05) is 20.2 Å². The summed E-state index contributed by atoms with van der Waals surface area (Å²) in [6.07, 6.45) is 3.31. The molecule has 27 heavy (non-hydrogen) atoms. The Labute approximate surface area is 156 Å². The maximum Gasteiger partial charge on any atom is 0.246 e. The number of ether oxygens (including phenoxy) is 1. The Morgan fingerprint density at radius 1 is 1.26 bits per heavy atom.